The van der Waals surface area contributed by atoms with E-state index < -0.39 is 6.09 Å². The molecule has 0 heterocycles. The van der Waals surface area contributed by atoms with Gasteiger partial charge in [0.1, 0.15) is 6.10 Å². The fourth-order valence-electron chi connectivity index (χ4n) is 0.951. The zero-order chi connectivity index (χ0) is 8.55. The molecule has 0 aliphatic heterocycles. The van der Waals surface area contributed by atoms with Crippen molar-refractivity contribution in [3.63, 3.8) is 0 Å². The first-order valence-corrected chi connectivity index (χ1v) is 4.14. The number of hydrogen-bond donors (Lipinski definition) is 0. The summed E-state index contributed by atoms with van der Waals surface area (Å²) >= 11 is 0. The van der Waals surface area contributed by atoms with Crippen molar-refractivity contribution in [3.05, 3.63) is 4.91 Å². The lowest BCUT2D eigenvalue weighted by molar-refractivity contribution is 0.0938. The van der Waals surface area contributed by atoms with E-state index in [1.165, 1.54) is 0 Å². The molecule has 2 aliphatic rings. The van der Waals surface area contributed by atoms with E-state index in [9.17, 15) is 9.70 Å². The number of nitroso groups, excluding NO2 is 1. The molecule has 2 fully saturated rings. The molecule has 2 aliphatic carbocycles. The Labute approximate surface area is 69.6 Å². The monoisotopic (exact) mass is 170 g/mol. The lowest BCUT2D eigenvalue weighted by Crippen LogP contribution is -2.28. The Morgan fingerprint density at radius 3 is 2.42 bits per heavy atom. The zero-order valence-corrected chi connectivity index (χ0v) is 6.60. The standard InChI is InChI=1S/C7H10N2O3/c10-7(12-6-3-4-6)9(8-11)5-1-2-5/h5-6H,1-4H2. The second-order valence-corrected chi connectivity index (χ2v) is 3.24. The summed E-state index contributed by atoms with van der Waals surface area (Å²) < 4.78 is 4.91. The molecule has 0 unspecified atom stereocenters. The highest BCUT2D eigenvalue weighted by Crippen LogP contribution is 2.30. The maximum atomic E-state index is 11.1. The van der Waals surface area contributed by atoms with Gasteiger partial charge in [-0.05, 0) is 25.7 Å². The van der Waals surface area contributed by atoms with E-state index in [1.54, 1.807) is 0 Å². The Kier molecular flexibility index (Phi) is 1.71. The van der Waals surface area contributed by atoms with Crippen molar-refractivity contribution in [1.82, 2.24) is 5.01 Å². The van der Waals surface area contributed by atoms with Gasteiger partial charge in [0.2, 0.25) is 0 Å². The Hall–Kier alpha value is -1.13. The second-order valence-electron chi connectivity index (χ2n) is 3.24. The van der Waals surface area contributed by atoms with E-state index in [4.69, 9.17) is 4.74 Å². The summed E-state index contributed by atoms with van der Waals surface area (Å²) in [5, 5.41) is 3.55. The maximum absolute atomic E-state index is 11.1. The van der Waals surface area contributed by atoms with Crippen LogP contribution in [0.2, 0.25) is 0 Å². The molecule has 0 spiro atoms. The van der Waals surface area contributed by atoms with Gasteiger partial charge in [0.15, 0.2) is 0 Å². The molecule has 1 amide bonds. The fourth-order valence-corrected chi connectivity index (χ4v) is 0.951. The highest BCUT2D eigenvalue weighted by molar-refractivity contribution is 5.68. The van der Waals surface area contributed by atoms with Crippen molar-refractivity contribution in [2.45, 2.75) is 37.8 Å². The molecule has 12 heavy (non-hydrogen) atoms. The van der Waals surface area contributed by atoms with Gasteiger partial charge in [-0.25, -0.2) is 4.79 Å². The predicted octanol–water partition coefficient (Wildman–Crippen LogP) is 1.43. The lowest BCUT2D eigenvalue weighted by atomic mass is 10.7. The molecule has 2 rings (SSSR count). The van der Waals surface area contributed by atoms with Gasteiger partial charge >= 0.3 is 6.09 Å². The second kappa shape index (κ2) is 2.73. The molecule has 0 aromatic rings. The van der Waals surface area contributed by atoms with Crippen LogP contribution < -0.4 is 0 Å². The maximum Gasteiger partial charge on any atom is 0.433 e. The van der Waals surface area contributed by atoms with Crippen LogP contribution in [-0.4, -0.2) is 23.2 Å². The number of hydrogen-bond acceptors (Lipinski definition) is 4. The van der Waals surface area contributed by atoms with E-state index in [-0.39, 0.29) is 12.1 Å². The summed E-state index contributed by atoms with van der Waals surface area (Å²) in [6, 6.07) is 0.00810. The molecular weight excluding hydrogens is 160 g/mol. The normalized spacial score (nSPS) is 21.7. The Morgan fingerprint density at radius 2 is 2.00 bits per heavy atom. The minimum absolute atomic E-state index is 0.00810. The van der Waals surface area contributed by atoms with Gasteiger partial charge in [-0.15, -0.1) is 4.91 Å². The molecule has 0 aromatic heterocycles. The fraction of sp³-hybridized carbons (Fsp3) is 0.857. The smallest absolute Gasteiger partial charge is 0.433 e. The van der Waals surface area contributed by atoms with E-state index in [0.717, 1.165) is 30.7 Å². The van der Waals surface area contributed by atoms with Gasteiger partial charge in [-0.2, -0.15) is 5.01 Å². The average molecular weight is 170 g/mol. The first-order valence-electron chi connectivity index (χ1n) is 4.14. The Bertz CT molecular complexity index is 211. The van der Waals surface area contributed by atoms with Gasteiger partial charge in [0, 0.05) is 0 Å². The summed E-state index contributed by atoms with van der Waals surface area (Å²) in [6.45, 7) is 0. The van der Waals surface area contributed by atoms with Gasteiger partial charge in [0.05, 0.1) is 11.3 Å². The van der Waals surface area contributed by atoms with E-state index in [0.29, 0.717) is 0 Å². The van der Waals surface area contributed by atoms with Crippen LogP contribution in [0.1, 0.15) is 25.7 Å². The summed E-state index contributed by atoms with van der Waals surface area (Å²) in [5.74, 6) is 0. The molecule has 0 atom stereocenters. The largest absolute Gasteiger partial charge is 0.445 e. The van der Waals surface area contributed by atoms with Crippen LogP contribution in [-0.2, 0) is 4.74 Å². The summed E-state index contributed by atoms with van der Waals surface area (Å²) in [6.07, 6.45) is 3.04. The molecule has 2 saturated carbocycles. The van der Waals surface area contributed by atoms with Crippen molar-refractivity contribution in [3.8, 4) is 0 Å². The number of nitrogens with zero attached hydrogens (tertiary/aromatic N) is 2. The third-order valence-corrected chi connectivity index (χ3v) is 1.96. The third kappa shape index (κ3) is 1.54. The predicted molar refractivity (Wildman–Crippen MR) is 40.2 cm³/mol. The first kappa shape index (κ1) is 7.52. The Morgan fingerprint density at radius 1 is 1.33 bits per heavy atom. The van der Waals surface area contributed by atoms with Crippen molar-refractivity contribution in [1.29, 1.82) is 0 Å². The molecule has 0 saturated heterocycles. The van der Waals surface area contributed by atoms with Crippen molar-refractivity contribution in [2.75, 3.05) is 0 Å². The van der Waals surface area contributed by atoms with Gasteiger partial charge < -0.3 is 4.74 Å². The topological polar surface area (TPSA) is 59.0 Å². The van der Waals surface area contributed by atoms with E-state index >= 15 is 0 Å². The molecule has 0 bridgehead atoms. The molecule has 0 N–H and O–H groups in total. The molecule has 66 valence electrons. The highest BCUT2D eigenvalue weighted by atomic mass is 16.6. The van der Waals surface area contributed by atoms with E-state index in [1.807, 2.05) is 0 Å². The van der Waals surface area contributed by atoms with Gasteiger partial charge in [0.25, 0.3) is 0 Å². The Balaban J connectivity index is 1.85. The lowest BCUT2D eigenvalue weighted by Gasteiger charge is -2.11. The number of rotatable bonds is 3. The van der Waals surface area contributed by atoms with Crippen LogP contribution in [0.5, 0.6) is 0 Å². The summed E-state index contributed by atoms with van der Waals surface area (Å²) in [5.41, 5.74) is 0. The van der Waals surface area contributed by atoms with Crippen LogP contribution in [0.3, 0.4) is 0 Å². The van der Waals surface area contributed by atoms with Crippen LogP contribution in [0.25, 0.3) is 0 Å². The zero-order valence-electron chi connectivity index (χ0n) is 6.60. The number of carbonyl (C=O) groups is 1. The van der Waals surface area contributed by atoms with Gasteiger partial charge in [-0.3, -0.25) is 0 Å². The summed E-state index contributed by atoms with van der Waals surface area (Å²) in [4.78, 5) is 21.3. The van der Waals surface area contributed by atoms with Crippen molar-refractivity contribution >= 4 is 6.09 Å². The number of amides is 1. The number of ether oxygens (including phenoxy) is 1. The molecule has 0 aromatic carbocycles. The minimum atomic E-state index is -0.574. The molecular formula is C7H10N2O3. The van der Waals surface area contributed by atoms with E-state index in [2.05, 4.69) is 5.29 Å². The molecule has 5 nitrogen and oxygen atoms in total. The van der Waals surface area contributed by atoms with Crippen molar-refractivity contribution < 1.29 is 9.53 Å². The quantitative estimate of drug-likeness (QED) is 0.475. The number of carbonyl (C=O) groups excluding carboxylic acids is 1. The van der Waals surface area contributed by atoms with Crippen LogP contribution >= 0.6 is 0 Å². The average Bonchev–Trinajstić information content (AvgIpc) is 2.80. The van der Waals surface area contributed by atoms with Crippen LogP contribution in [0.4, 0.5) is 4.79 Å². The van der Waals surface area contributed by atoms with Crippen molar-refractivity contribution in [2.24, 2.45) is 5.29 Å². The first-order chi connectivity index (χ1) is 5.81. The third-order valence-electron chi connectivity index (χ3n) is 1.96. The highest BCUT2D eigenvalue weighted by Gasteiger charge is 2.37. The minimum Gasteiger partial charge on any atom is -0.445 e. The van der Waals surface area contributed by atoms with Crippen LogP contribution in [0.15, 0.2) is 5.29 Å². The summed E-state index contributed by atoms with van der Waals surface area (Å²) in [7, 11) is 0. The van der Waals surface area contributed by atoms with Gasteiger partial charge in [-0.1, -0.05) is 0 Å². The SMILES string of the molecule is O=NN(C(=O)OC1CC1)C1CC1. The molecule has 0 radical (unpaired) electrons. The molecule has 5 heteroatoms. The van der Waals surface area contributed by atoms with Crippen LogP contribution in [0, 0.1) is 4.91 Å².